The number of benzene rings is 2. The van der Waals surface area contributed by atoms with Crippen LogP contribution in [0.4, 0.5) is 5.69 Å². The maximum absolute atomic E-state index is 9.16. The highest BCUT2D eigenvalue weighted by atomic mass is 32.1. The van der Waals surface area contributed by atoms with Crippen molar-refractivity contribution < 1.29 is 5.11 Å². The van der Waals surface area contributed by atoms with Crippen molar-refractivity contribution in [2.45, 2.75) is 0 Å². The molecule has 0 aliphatic carbocycles. The average molecular weight is 296 g/mol. The Balaban J connectivity index is 1.86. The summed E-state index contributed by atoms with van der Waals surface area (Å²) in [6.07, 6.45) is 1.59. The second-order valence-corrected chi connectivity index (χ2v) is 4.51. The first-order valence-corrected chi connectivity index (χ1v) is 6.47. The van der Waals surface area contributed by atoms with Gasteiger partial charge in [0, 0.05) is 5.69 Å². The Bertz CT molecular complexity index is 687. The molecule has 21 heavy (non-hydrogen) atoms. The van der Waals surface area contributed by atoms with Crippen molar-refractivity contribution in [2.24, 2.45) is 5.10 Å². The van der Waals surface area contributed by atoms with E-state index in [1.807, 2.05) is 6.07 Å². The second-order valence-electron chi connectivity index (χ2n) is 4.10. The maximum Gasteiger partial charge on any atom is 0.191 e. The Kier molecular flexibility index (Phi) is 4.85. The summed E-state index contributed by atoms with van der Waals surface area (Å²) in [6.45, 7) is 0. The van der Waals surface area contributed by atoms with Crippen LogP contribution in [-0.2, 0) is 0 Å². The van der Waals surface area contributed by atoms with Crippen molar-refractivity contribution in [1.82, 2.24) is 5.43 Å². The van der Waals surface area contributed by atoms with E-state index in [0.717, 1.165) is 11.3 Å². The molecule has 0 bridgehead atoms. The van der Waals surface area contributed by atoms with Crippen molar-refractivity contribution in [3.8, 4) is 11.8 Å². The van der Waals surface area contributed by atoms with Gasteiger partial charge in [0.15, 0.2) is 5.11 Å². The van der Waals surface area contributed by atoms with Crippen molar-refractivity contribution in [3.63, 3.8) is 0 Å². The number of hydrazone groups is 1. The number of phenols is 1. The summed E-state index contributed by atoms with van der Waals surface area (Å²) in [5.41, 5.74) is 4.88. The Labute approximate surface area is 127 Å². The average Bonchev–Trinajstić information content (AvgIpc) is 2.50. The number of aromatic hydroxyl groups is 1. The van der Waals surface area contributed by atoms with Gasteiger partial charge in [0.1, 0.15) is 5.75 Å². The number of anilines is 1. The lowest BCUT2D eigenvalue weighted by Gasteiger charge is -2.06. The van der Waals surface area contributed by atoms with Crippen LogP contribution < -0.4 is 10.7 Å². The number of rotatable bonds is 3. The Morgan fingerprint density at radius 1 is 1.14 bits per heavy atom. The van der Waals surface area contributed by atoms with Crippen LogP contribution in [0.2, 0.25) is 0 Å². The van der Waals surface area contributed by atoms with E-state index in [4.69, 9.17) is 22.6 Å². The maximum atomic E-state index is 9.16. The summed E-state index contributed by atoms with van der Waals surface area (Å²) < 4.78 is 0. The molecule has 0 aliphatic heterocycles. The van der Waals surface area contributed by atoms with E-state index in [-0.39, 0.29) is 5.75 Å². The van der Waals surface area contributed by atoms with Gasteiger partial charge in [-0.15, -0.1) is 0 Å². The Morgan fingerprint density at radius 3 is 2.43 bits per heavy atom. The van der Waals surface area contributed by atoms with Crippen LogP contribution in [0.5, 0.6) is 5.75 Å². The molecule has 104 valence electrons. The topological polar surface area (TPSA) is 80.4 Å². The third-order valence-electron chi connectivity index (χ3n) is 2.54. The molecule has 2 aromatic rings. The van der Waals surface area contributed by atoms with Gasteiger partial charge in [-0.2, -0.15) is 10.4 Å². The summed E-state index contributed by atoms with van der Waals surface area (Å²) in [6, 6.07) is 15.6. The van der Waals surface area contributed by atoms with E-state index >= 15 is 0 Å². The number of nitrogens with one attached hydrogen (secondary N) is 2. The molecule has 0 fully saturated rings. The Morgan fingerprint density at radius 2 is 1.81 bits per heavy atom. The van der Waals surface area contributed by atoms with Gasteiger partial charge in [-0.25, -0.2) is 0 Å². The Hall–Kier alpha value is -2.91. The molecule has 0 atom stereocenters. The van der Waals surface area contributed by atoms with Gasteiger partial charge in [-0.1, -0.05) is 0 Å². The molecule has 0 amide bonds. The predicted molar refractivity (Wildman–Crippen MR) is 86.2 cm³/mol. The molecule has 0 aliphatic rings. The van der Waals surface area contributed by atoms with Crippen LogP contribution in [0.1, 0.15) is 11.1 Å². The van der Waals surface area contributed by atoms with E-state index < -0.39 is 0 Å². The minimum absolute atomic E-state index is 0.207. The molecule has 3 N–H and O–H groups in total. The molecule has 0 aromatic heterocycles. The smallest absolute Gasteiger partial charge is 0.191 e. The van der Waals surface area contributed by atoms with Gasteiger partial charge < -0.3 is 10.4 Å². The highest BCUT2D eigenvalue weighted by Gasteiger charge is 1.96. The standard InChI is InChI=1S/C15H12N4OS/c16-9-11-1-5-13(6-2-11)18-15(21)19-17-10-12-3-7-14(20)8-4-12/h1-8,10,20H,(H2,18,19,21). The fraction of sp³-hybridized carbons (Fsp3) is 0. The zero-order valence-electron chi connectivity index (χ0n) is 10.9. The molecule has 0 heterocycles. The van der Waals surface area contributed by atoms with Crippen LogP contribution in [-0.4, -0.2) is 16.4 Å². The van der Waals surface area contributed by atoms with E-state index in [9.17, 15) is 0 Å². The van der Waals surface area contributed by atoms with Crippen LogP contribution in [0.3, 0.4) is 0 Å². The van der Waals surface area contributed by atoms with Crippen molar-refractivity contribution in [1.29, 1.82) is 5.26 Å². The fourth-order valence-corrected chi connectivity index (χ4v) is 1.68. The highest BCUT2D eigenvalue weighted by molar-refractivity contribution is 7.80. The van der Waals surface area contributed by atoms with Gasteiger partial charge in [-0.3, -0.25) is 5.43 Å². The lowest BCUT2D eigenvalue weighted by molar-refractivity contribution is 0.475. The number of hydrogen-bond acceptors (Lipinski definition) is 4. The number of phenolic OH excluding ortho intramolecular Hbond substituents is 1. The summed E-state index contributed by atoms with van der Waals surface area (Å²) in [7, 11) is 0. The van der Waals surface area contributed by atoms with E-state index in [2.05, 4.69) is 15.8 Å². The van der Waals surface area contributed by atoms with Gasteiger partial charge in [0.05, 0.1) is 17.8 Å². The molecule has 2 aromatic carbocycles. The number of nitriles is 1. The molecule has 2 rings (SSSR count). The highest BCUT2D eigenvalue weighted by Crippen LogP contribution is 2.09. The fourth-order valence-electron chi connectivity index (χ4n) is 1.51. The SMILES string of the molecule is N#Cc1ccc(NC(=S)NN=Cc2ccc(O)cc2)cc1. The summed E-state index contributed by atoms with van der Waals surface area (Å²) in [5.74, 6) is 0.207. The van der Waals surface area contributed by atoms with E-state index in [1.165, 1.54) is 0 Å². The van der Waals surface area contributed by atoms with E-state index in [0.29, 0.717) is 10.7 Å². The number of hydrogen-bond donors (Lipinski definition) is 3. The minimum Gasteiger partial charge on any atom is -0.508 e. The largest absolute Gasteiger partial charge is 0.508 e. The molecule has 0 saturated heterocycles. The van der Waals surface area contributed by atoms with Crippen molar-refractivity contribution in [2.75, 3.05) is 5.32 Å². The van der Waals surface area contributed by atoms with Gasteiger partial charge in [0.25, 0.3) is 0 Å². The normalized spacial score (nSPS) is 10.0. The van der Waals surface area contributed by atoms with Crippen LogP contribution >= 0.6 is 12.2 Å². The molecule has 6 heteroatoms. The lowest BCUT2D eigenvalue weighted by Crippen LogP contribution is -2.23. The van der Waals surface area contributed by atoms with Crippen LogP contribution in [0.25, 0.3) is 0 Å². The first-order valence-electron chi connectivity index (χ1n) is 6.06. The molecule has 0 spiro atoms. The molecule has 0 saturated carbocycles. The summed E-state index contributed by atoms with van der Waals surface area (Å²) in [4.78, 5) is 0. The van der Waals surface area contributed by atoms with Crippen molar-refractivity contribution in [3.05, 3.63) is 59.7 Å². The van der Waals surface area contributed by atoms with Gasteiger partial charge >= 0.3 is 0 Å². The van der Waals surface area contributed by atoms with Crippen LogP contribution in [0, 0.1) is 11.3 Å². The van der Waals surface area contributed by atoms with E-state index in [1.54, 1.807) is 54.7 Å². The number of thiocarbonyl (C=S) groups is 1. The minimum atomic E-state index is 0.207. The first-order chi connectivity index (χ1) is 10.2. The first kappa shape index (κ1) is 14.5. The molecular formula is C15H12N4OS. The van der Waals surface area contributed by atoms with Crippen LogP contribution in [0.15, 0.2) is 53.6 Å². The molecular weight excluding hydrogens is 284 g/mol. The summed E-state index contributed by atoms with van der Waals surface area (Å²) >= 11 is 5.09. The third kappa shape index (κ3) is 4.60. The zero-order chi connectivity index (χ0) is 15.1. The monoisotopic (exact) mass is 296 g/mol. The second kappa shape index (κ2) is 7.03. The quantitative estimate of drug-likeness (QED) is 0.461. The van der Waals surface area contributed by atoms with Crippen molar-refractivity contribution >= 4 is 29.2 Å². The van der Waals surface area contributed by atoms with Gasteiger partial charge in [0.2, 0.25) is 0 Å². The lowest BCUT2D eigenvalue weighted by atomic mass is 10.2. The zero-order valence-corrected chi connectivity index (χ0v) is 11.8. The number of nitrogens with zero attached hydrogens (tertiary/aromatic N) is 2. The van der Waals surface area contributed by atoms with Gasteiger partial charge in [-0.05, 0) is 66.3 Å². The molecule has 0 radical (unpaired) electrons. The molecule has 5 nitrogen and oxygen atoms in total. The third-order valence-corrected chi connectivity index (χ3v) is 2.74. The molecule has 0 unspecified atom stereocenters. The summed E-state index contributed by atoms with van der Waals surface area (Å²) in [5, 5.41) is 25.1. The predicted octanol–water partition coefficient (Wildman–Crippen LogP) is 2.58.